The number of hydrogen-bond acceptors (Lipinski definition) is 2. The minimum Gasteiger partial charge on any atom is -0.494 e. The lowest BCUT2D eigenvalue weighted by molar-refractivity contribution is 0.340. The van der Waals surface area contributed by atoms with Gasteiger partial charge in [0.25, 0.3) is 0 Å². The van der Waals surface area contributed by atoms with Crippen LogP contribution in [0.1, 0.15) is 29.5 Å². The van der Waals surface area contributed by atoms with Gasteiger partial charge in [0.15, 0.2) is 0 Å². The summed E-state index contributed by atoms with van der Waals surface area (Å²) in [6.45, 7) is 4.53. The Labute approximate surface area is 146 Å². The predicted molar refractivity (Wildman–Crippen MR) is 95.3 cm³/mol. The van der Waals surface area contributed by atoms with Gasteiger partial charge in [-0.1, -0.05) is 64.6 Å². The SMILES string of the molecule is CCOc1ccc(C(c2cc(C)ccc2N)C(Cl)(Cl)Cl)cc1. The predicted octanol–water partition coefficient (Wildman–Crippen LogP) is 5.48. The van der Waals surface area contributed by atoms with Crippen molar-refractivity contribution in [3.8, 4) is 5.75 Å². The number of nitrogens with two attached hydrogens (primary N) is 1. The molecular weight excluding hydrogens is 341 g/mol. The normalized spacial score (nSPS) is 13.0. The summed E-state index contributed by atoms with van der Waals surface area (Å²) < 4.78 is 3.95. The summed E-state index contributed by atoms with van der Waals surface area (Å²) in [4.78, 5) is 0. The van der Waals surface area contributed by atoms with Crippen LogP contribution < -0.4 is 10.5 Å². The van der Waals surface area contributed by atoms with Crippen molar-refractivity contribution in [3.05, 3.63) is 59.2 Å². The Balaban J connectivity index is 2.49. The van der Waals surface area contributed by atoms with Gasteiger partial charge in [-0.15, -0.1) is 0 Å². The van der Waals surface area contributed by atoms with Crippen molar-refractivity contribution in [2.24, 2.45) is 0 Å². The smallest absolute Gasteiger partial charge is 0.201 e. The summed E-state index contributed by atoms with van der Waals surface area (Å²) in [5, 5.41) is 0. The van der Waals surface area contributed by atoms with Crippen LogP contribution in [0.4, 0.5) is 5.69 Å². The molecule has 2 rings (SSSR count). The van der Waals surface area contributed by atoms with Crippen molar-refractivity contribution in [3.63, 3.8) is 0 Å². The van der Waals surface area contributed by atoms with Crippen LogP contribution in [0, 0.1) is 6.92 Å². The van der Waals surface area contributed by atoms with Crippen molar-refractivity contribution in [2.75, 3.05) is 12.3 Å². The van der Waals surface area contributed by atoms with E-state index in [0.717, 1.165) is 22.4 Å². The number of ether oxygens (including phenoxy) is 1. The van der Waals surface area contributed by atoms with Crippen LogP contribution in [0.25, 0.3) is 0 Å². The molecule has 0 heterocycles. The maximum absolute atomic E-state index is 6.24. The Morgan fingerprint density at radius 2 is 1.73 bits per heavy atom. The third-order valence-electron chi connectivity index (χ3n) is 3.41. The van der Waals surface area contributed by atoms with Crippen molar-refractivity contribution in [1.82, 2.24) is 0 Å². The highest BCUT2D eigenvalue weighted by Crippen LogP contribution is 2.47. The summed E-state index contributed by atoms with van der Waals surface area (Å²) in [5.74, 6) is 0.333. The van der Waals surface area contributed by atoms with E-state index < -0.39 is 9.71 Å². The standard InChI is InChI=1S/C17H18Cl3NO/c1-3-22-13-7-5-12(6-8-13)16(17(18,19)20)14-10-11(2)4-9-15(14)21/h4-10,16H,3,21H2,1-2H3. The molecule has 0 bridgehead atoms. The number of rotatable bonds is 4. The summed E-state index contributed by atoms with van der Waals surface area (Å²) in [5.41, 5.74) is 9.46. The van der Waals surface area contributed by atoms with Gasteiger partial charge in [-0.3, -0.25) is 0 Å². The molecule has 2 nitrogen and oxygen atoms in total. The van der Waals surface area contributed by atoms with Gasteiger partial charge in [-0.25, -0.2) is 0 Å². The molecule has 5 heteroatoms. The third-order valence-corrected chi connectivity index (χ3v) is 4.06. The molecule has 118 valence electrons. The quantitative estimate of drug-likeness (QED) is 0.580. The molecule has 0 aliphatic carbocycles. The van der Waals surface area contributed by atoms with E-state index in [1.807, 2.05) is 56.3 Å². The number of nitrogen functional groups attached to an aromatic ring is 1. The molecule has 2 aromatic carbocycles. The number of anilines is 1. The van der Waals surface area contributed by atoms with Gasteiger partial charge in [-0.05, 0) is 43.2 Å². The molecule has 0 radical (unpaired) electrons. The van der Waals surface area contributed by atoms with E-state index in [-0.39, 0.29) is 0 Å². The van der Waals surface area contributed by atoms with E-state index >= 15 is 0 Å². The molecule has 1 unspecified atom stereocenters. The summed E-state index contributed by atoms with van der Waals surface area (Å²) in [7, 11) is 0. The Hall–Kier alpha value is -1.09. The summed E-state index contributed by atoms with van der Waals surface area (Å²) >= 11 is 18.7. The summed E-state index contributed by atoms with van der Waals surface area (Å²) in [6, 6.07) is 13.3. The molecule has 0 aliphatic rings. The van der Waals surface area contributed by atoms with Crippen LogP contribution in [0.15, 0.2) is 42.5 Å². The van der Waals surface area contributed by atoms with Gasteiger partial charge < -0.3 is 10.5 Å². The second-order valence-corrected chi connectivity index (χ2v) is 7.48. The number of aryl methyl sites for hydroxylation is 1. The van der Waals surface area contributed by atoms with Crippen LogP contribution >= 0.6 is 34.8 Å². The van der Waals surface area contributed by atoms with E-state index in [0.29, 0.717) is 12.3 Å². The fourth-order valence-electron chi connectivity index (χ4n) is 2.41. The molecule has 22 heavy (non-hydrogen) atoms. The summed E-state index contributed by atoms with van der Waals surface area (Å²) in [6.07, 6.45) is 0. The van der Waals surface area contributed by atoms with Crippen LogP contribution in [-0.4, -0.2) is 10.4 Å². The average Bonchev–Trinajstić information content (AvgIpc) is 2.44. The lowest BCUT2D eigenvalue weighted by Crippen LogP contribution is -2.20. The van der Waals surface area contributed by atoms with Crippen LogP contribution in [0.3, 0.4) is 0 Å². The first kappa shape index (κ1) is 17.3. The largest absolute Gasteiger partial charge is 0.494 e. The molecule has 0 aromatic heterocycles. The van der Waals surface area contributed by atoms with E-state index in [4.69, 9.17) is 45.3 Å². The molecular formula is C17H18Cl3NO. The lowest BCUT2D eigenvalue weighted by atomic mass is 9.90. The van der Waals surface area contributed by atoms with Crippen LogP contribution in [0.2, 0.25) is 0 Å². The first-order chi connectivity index (χ1) is 10.3. The van der Waals surface area contributed by atoms with Crippen LogP contribution in [-0.2, 0) is 0 Å². The maximum atomic E-state index is 6.24. The van der Waals surface area contributed by atoms with Gasteiger partial charge in [0, 0.05) is 5.69 Å². The zero-order valence-electron chi connectivity index (χ0n) is 12.4. The Bertz CT molecular complexity index is 635. The third kappa shape index (κ3) is 4.01. The van der Waals surface area contributed by atoms with Gasteiger partial charge in [-0.2, -0.15) is 0 Å². The Morgan fingerprint density at radius 1 is 1.09 bits per heavy atom. The van der Waals surface area contributed by atoms with Gasteiger partial charge in [0.05, 0.1) is 12.5 Å². The molecule has 0 fully saturated rings. The maximum Gasteiger partial charge on any atom is 0.201 e. The molecule has 0 spiro atoms. The van der Waals surface area contributed by atoms with Crippen LogP contribution in [0.5, 0.6) is 5.75 Å². The minimum absolute atomic E-state index is 0.451. The Morgan fingerprint density at radius 3 is 2.27 bits per heavy atom. The number of benzene rings is 2. The minimum atomic E-state index is -1.50. The zero-order valence-corrected chi connectivity index (χ0v) is 14.7. The first-order valence-corrected chi connectivity index (χ1v) is 8.11. The molecule has 0 amide bonds. The van der Waals surface area contributed by atoms with E-state index in [9.17, 15) is 0 Å². The fraction of sp³-hybridized carbons (Fsp3) is 0.294. The molecule has 1 atom stereocenters. The monoisotopic (exact) mass is 357 g/mol. The molecule has 0 saturated heterocycles. The Kier molecular flexibility index (Phi) is 5.49. The second-order valence-electron chi connectivity index (χ2n) is 5.11. The highest BCUT2D eigenvalue weighted by Gasteiger charge is 2.36. The number of alkyl halides is 3. The average molecular weight is 359 g/mol. The zero-order chi connectivity index (χ0) is 16.3. The first-order valence-electron chi connectivity index (χ1n) is 6.98. The molecule has 2 aromatic rings. The highest BCUT2D eigenvalue weighted by atomic mass is 35.6. The highest BCUT2D eigenvalue weighted by molar-refractivity contribution is 6.68. The van der Waals surface area contributed by atoms with Gasteiger partial charge in [0.2, 0.25) is 3.79 Å². The lowest BCUT2D eigenvalue weighted by Gasteiger charge is -2.27. The van der Waals surface area contributed by atoms with E-state index in [1.54, 1.807) is 0 Å². The van der Waals surface area contributed by atoms with E-state index in [2.05, 4.69) is 0 Å². The van der Waals surface area contributed by atoms with Gasteiger partial charge in [0.1, 0.15) is 5.75 Å². The number of halogens is 3. The van der Waals surface area contributed by atoms with Crippen molar-refractivity contribution < 1.29 is 4.74 Å². The molecule has 2 N–H and O–H groups in total. The van der Waals surface area contributed by atoms with Crippen molar-refractivity contribution >= 4 is 40.5 Å². The van der Waals surface area contributed by atoms with Crippen molar-refractivity contribution in [1.29, 1.82) is 0 Å². The van der Waals surface area contributed by atoms with E-state index in [1.165, 1.54) is 0 Å². The van der Waals surface area contributed by atoms with Gasteiger partial charge >= 0.3 is 0 Å². The fourth-order valence-corrected chi connectivity index (χ4v) is 3.14. The molecule has 0 saturated carbocycles. The second kappa shape index (κ2) is 6.99. The van der Waals surface area contributed by atoms with Crippen molar-refractivity contribution in [2.45, 2.75) is 23.6 Å². The molecule has 0 aliphatic heterocycles. The number of hydrogen-bond donors (Lipinski definition) is 1. The topological polar surface area (TPSA) is 35.2 Å².